The van der Waals surface area contributed by atoms with E-state index in [0.29, 0.717) is 0 Å². The summed E-state index contributed by atoms with van der Waals surface area (Å²) in [5.74, 6) is -0.688. The fourth-order valence-corrected chi connectivity index (χ4v) is 2.04. The first-order chi connectivity index (χ1) is 7.69. The van der Waals surface area contributed by atoms with E-state index in [-0.39, 0.29) is 18.4 Å². The highest BCUT2D eigenvalue weighted by Gasteiger charge is 2.49. The largest absolute Gasteiger partial charge is 0.467 e. The third-order valence-electron chi connectivity index (χ3n) is 2.93. The average molecular weight is 224 g/mol. The Morgan fingerprint density at radius 1 is 1.62 bits per heavy atom. The molecule has 1 aliphatic heterocycles. The van der Waals surface area contributed by atoms with E-state index in [2.05, 4.69) is 14.8 Å². The van der Waals surface area contributed by atoms with Crippen molar-refractivity contribution < 1.29 is 14.3 Å². The molecule has 16 heavy (non-hydrogen) atoms. The van der Waals surface area contributed by atoms with Crippen LogP contribution in [0.15, 0.2) is 5.11 Å². The van der Waals surface area contributed by atoms with Crippen LogP contribution in [0.3, 0.4) is 0 Å². The molecule has 0 N–H and O–H groups in total. The maximum absolute atomic E-state index is 11.9. The quantitative estimate of drug-likeness (QED) is 0.304. The first-order valence-electron chi connectivity index (χ1n) is 5.13. The van der Waals surface area contributed by atoms with Crippen LogP contribution >= 0.6 is 0 Å². The fourth-order valence-electron chi connectivity index (χ4n) is 2.04. The molecule has 0 bridgehead atoms. The zero-order valence-electron chi connectivity index (χ0n) is 8.87. The second kappa shape index (κ2) is 4.02. The average Bonchev–Trinajstić information content (AvgIpc) is 3.05. The third-order valence-corrected chi connectivity index (χ3v) is 2.93. The van der Waals surface area contributed by atoms with Gasteiger partial charge in [0, 0.05) is 11.0 Å². The predicted molar refractivity (Wildman–Crippen MR) is 53.2 cm³/mol. The van der Waals surface area contributed by atoms with Crippen LogP contribution in [0.1, 0.15) is 19.3 Å². The predicted octanol–water partition coefficient (Wildman–Crippen LogP) is 0.602. The van der Waals surface area contributed by atoms with Crippen LogP contribution in [0, 0.1) is 0 Å². The molecule has 0 spiro atoms. The number of hydrogen-bond acceptors (Lipinski definition) is 4. The molecule has 2 rings (SSSR count). The first-order valence-corrected chi connectivity index (χ1v) is 5.13. The molecular formula is C9H12N4O3. The molecule has 0 unspecified atom stereocenters. The lowest BCUT2D eigenvalue weighted by atomic mass is 10.2. The van der Waals surface area contributed by atoms with Crippen LogP contribution in [0.25, 0.3) is 10.4 Å². The molecule has 2 fully saturated rings. The lowest BCUT2D eigenvalue weighted by molar-refractivity contribution is -0.149. The van der Waals surface area contributed by atoms with E-state index in [1.807, 2.05) is 0 Å². The van der Waals surface area contributed by atoms with Crippen molar-refractivity contribution in [3.63, 3.8) is 0 Å². The molecule has 2 aliphatic rings. The Balaban J connectivity index is 2.20. The number of carbonyl (C=O) groups excluding carboxylic acids is 2. The molecule has 2 atom stereocenters. The number of rotatable bonds is 3. The van der Waals surface area contributed by atoms with Crippen molar-refractivity contribution in [1.29, 1.82) is 0 Å². The van der Waals surface area contributed by atoms with Gasteiger partial charge in [0.1, 0.15) is 12.1 Å². The van der Waals surface area contributed by atoms with E-state index in [0.717, 1.165) is 12.8 Å². The summed E-state index contributed by atoms with van der Waals surface area (Å²) in [4.78, 5) is 27.5. The van der Waals surface area contributed by atoms with Gasteiger partial charge >= 0.3 is 5.97 Å². The Bertz CT molecular complexity index is 373. The lowest BCUT2D eigenvalue weighted by Crippen LogP contribution is -2.41. The van der Waals surface area contributed by atoms with E-state index in [1.54, 1.807) is 0 Å². The lowest BCUT2D eigenvalue weighted by Gasteiger charge is -2.22. The van der Waals surface area contributed by atoms with E-state index in [4.69, 9.17) is 5.53 Å². The van der Waals surface area contributed by atoms with Gasteiger partial charge < -0.3 is 9.64 Å². The molecule has 86 valence electrons. The van der Waals surface area contributed by atoms with Gasteiger partial charge in [-0.1, -0.05) is 5.11 Å². The van der Waals surface area contributed by atoms with Crippen LogP contribution < -0.4 is 0 Å². The number of esters is 1. The molecular weight excluding hydrogens is 212 g/mol. The SMILES string of the molecule is COC(=O)[C@@H]1C[C@@H](N=[N+]=[N-])C(=O)N1C1CC1. The molecule has 7 nitrogen and oxygen atoms in total. The molecule has 0 radical (unpaired) electrons. The van der Waals surface area contributed by atoms with Crippen molar-refractivity contribution in [3.05, 3.63) is 10.4 Å². The smallest absolute Gasteiger partial charge is 0.328 e. The maximum atomic E-state index is 11.9. The Hall–Kier alpha value is -1.75. The molecule has 1 saturated carbocycles. The van der Waals surface area contributed by atoms with Gasteiger partial charge in [0.15, 0.2) is 0 Å². The van der Waals surface area contributed by atoms with E-state index >= 15 is 0 Å². The van der Waals surface area contributed by atoms with E-state index in [1.165, 1.54) is 12.0 Å². The van der Waals surface area contributed by atoms with Gasteiger partial charge in [0.25, 0.3) is 0 Å². The number of carbonyl (C=O) groups is 2. The van der Waals surface area contributed by atoms with Gasteiger partial charge in [-0.15, -0.1) is 0 Å². The molecule has 1 heterocycles. The van der Waals surface area contributed by atoms with Gasteiger partial charge in [-0.2, -0.15) is 0 Å². The monoisotopic (exact) mass is 224 g/mol. The number of ether oxygens (including phenoxy) is 1. The molecule has 0 aromatic rings. The Kier molecular flexibility index (Phi) is 2.70. The first kappa shape index (κ1) is 10.8. The Labute approximate surface area is 92.0 Å². The topological polar surface area (TPSA) is 95.4 Å². The van der Waals surface area contributed by atoms with Crippen LogP contribution in [-0.4, -0.2) is 42.0 Å². The minimum Gasteiger partial charge on any atom is -0.467 e. The Morgan fingerprint density at radius 2 is 2.31 bits per heavy atom. The minimum atomic E-state index is -0.755. The highest BCUT2D eigenvalue weighted by atomic mass is 16.5. The van der Waals surface area contributed by atoms with Crippen molar-refractivity contribution in [2.75, 3.05) is 7.11 Å². The summed E-state index contributed by atoms with van der Waals surface area (Å²) in [6, 6.07) is -1.22. The summed E-state index contributed by atoms with van der Waals surface area (Å²) in [5.41, 5.74) is 8.34. The highest BCUT2D eigenvalue weighted by Crippen LogP contribution is 2.35. The number of amides is 1. The second-order valence-electron chi connectivity index (χ2n) is 3.97. The molecule has 0 aromatic carbocycles. The molecule has 7 heteroatoms. The summed E-state index contributed by atoms with van der Waals surface area (Å²) < 4.78 is 4.65. The maximum Gasteiger partial charge on any atom is 0.328 e. The summed E-state index contributed by atoms with van der Waals surface area (Å²) in [5, 5.41) is 3.41. The molecule has 1 aliphatic carbocycles. The normalized spacial score (nSPS) is 28.8. The van der Waals surface area contributed by atoms with Gasteiger partial charge in [0.2, 0.25) is 5.91 Å². The van der Waals surface area contributed by atoms with Crippen LogP contribution in [0.2, 0.25) is 0 Å². The van der Waals surface area contributed by atoms with Crippen LogP contribution in [0.4, 0.5) is 0 Å². The van der Waals surface area contributed by atoms with Gasteiger partial charge in [-0.25, -0.2) is 4.79 Å². The highest BCUT2D eigenvalue weighted by molar-refractivity contribution is 5.92. The van der Waals surface area contributed by atoms with Crippen molar-refractivity contribution >= 4 is 11.9 Å². The van der Waals surface area contributed by atoms with Gasteiger partial charge in [-0.3, -0.25) is 4.79 Å². The van der Waals surface area contributed by atoms with Crippen molar-refractivity contribution in [2.24, 2.45) is 5.11 Å². The number of methoxy groups -OCH3 is 1. The fraction of sp³-hybridized carbons (Fsp3) is 0.778. The van der Waals surface area contributed by atoms with Crippen molar-refractivity contribution in [2.45, 2.75) is 37.4 Å². The number of likely N-dealkylation sites (tertiary alicyclic amines) is 1. The summed E-state index contributed by atoms with van der Waals surface area (Å²) in [6.45, 7) is 0. The second-order valence-corrected chi connectivity index (χ2v) is 3.97. The summed E-state index contributed by atoms with van der Waals surface area (Å²) in [6.07, 6.45) is 2.04. The van der Waals surface area contributed by atoms with Crippen molar-refractivity contribution in [3.8, 4) is 0 Å². The Morgan fingerprint density at radius 3 is 2.81 bits per heavy atom. The molecule has 1 amide bonds. The zero-order chi connectivity index (χ0) is 11.7. The number of azide groups is 1. The van der Waals surface area contributed by atoms with E-state index < -0.39 is 18.1 Å². The minimum absolute atomic E-state index is 0.121. The molecule has 0 aromatic heterocycles. The summed E-state index contributed by atoms with van der Waals surface area (Å²) >= 11 is 0. The van der Waals surface area contributed by atoms with Gasteiger partial charge in [-0.05, 0) is 24.8 Å². The molecule has 1 saturated heterocycles. The van der Waals surface area contributed by atoms with E-state index in [9.17, 15) is 9.59 Å². The standard InChI is InChI=1S/C9H12N4O3/c1-16-9(15)7-4-6(11-12-10)8(14)13(7)5-2-3-5/h5-7H,2-4H2,1H3/t6-,7+/m1/s1. The third kappa shape index (κ3) is 1.69. The number of hydrogen-bond donors (Lipinski definition) is 0. The van der Waals surface area contributed by atoms with Crippen LogP contribution in [-0.2, 0) is 14.3 Å². The zero-order valence-corrected chi connectivity index (χ0v) is 8.87. The van der Waals surface area contributed by atoms with Crippen LogP contribution in [0.5, 0.6) is 0 Å². The number of nitrogens with zero attached hydrogens (tertiary/aromatic N) is 4. The van der Waals surface area contributed by atoms with Gasteiger partial charge in [0.05, 0.1) is 7.11 Å². The van der Waals surface area contributed by atoms with Crippen molar-refractivity contribution in [1.82, 2.24) is 4.90 Å². The summed E-state index contributed by atoms with van der Waals surface area (Å²) in [7, 11) is 1.29.